The zero-order chi connectivity index (χ0) is 11.6. The van der Waals surface area contributed by atoms with E-state index in [2.05, 4.69) is 22.6 Å². The Balaban J connectivity index is 2.27. The highest BCUT2D eigenvalue weighted by molar-refractivity contribution is 14.1. The van der Waals surface area contributed by atoms with Crippen LogP contribution in [0.25, 0.3) is 0 Å². The predicted octanol–water partition coefficient (Wildman–Crippen LogP) is 2.47. The third-order valence-corrected chi connectivity index (χ3v) is 5.40. The molecule has 0 radical (unpaired) electrons. The fourth-order valence-electron chi connectivity index (χ4n) is 1.86. The molecule has 0 aliphatic carbocycles. The van der Waals surface area contributed by atoms with E-state index >= 15 is 0 Å². The Hall–Kier alpha value is -0.140. The maximum Gasteiger partial charge on any atom is 0.243 e. The Morgan fingerprint density at radius 2 is 1.56 bits per heavy atom. The summed E-state index contributed by atoms with van der Waals surface area (Å²) in [4.78, 5) is 0.412. The molecule has 16 heavy (non-hydrogen) atoms. The highest BCUT2D eigenvalue weighted by Crippen LogP contribution is 2.20. The Kier molecular flexibility index (Phi) is 3.86. The highest BCUT2D eigenvalue weighted by Gasteiger charge is 2.25. The van der Waals surface area contributed by atoms with Gasteiger partial charge < -0.3 is 0 Å². The molecule has 1 aliphatic heterocycles. The average molecular weight is 351 g/mol. The summed E-state index contributed by atoms with van der Waals surface area (Å²) in [5.41, 5.74) is 0. The van der Waals surface area contributed by atoms with Gasteiger partial charge in [-0.2, -0.15) is 4.31 Å². The molecule has 0 atom stereocenters. The molecule has 2 rings (SSSR count). The van der Waals surface area contributed by atoms with Gasteiger partial charge in [0.05, 0.1) is 4.90 Å². The molecule has 0 aromatic heterocycles. The van der Waals surface area contributed by atoms with E-state index in [4.69, 9.17) is 0 Å². The van der Waals surface area contributed by atoms with E-state index in [1.807, 2.05) is 12.1 Å². The minimum atomic E-state index is -3.25. The first-order valence-corrected chi connectivity index (χ1v) is 7.88. The minimum Gasteiger partial charge on any atom is -0.207 e. The fourth-order valence-corrected chi connectivity index (χ4v) is 3.74. The van der Waals surface area contributed by atoms with Crippen LogP contribution in [0, 0.1) is 3.57 Å². The lowest BCUT2D eigenvalue weighted by atomic mass is 10.2. The number of sulfonamides is 1. The molecule has 1 fully saturated rings. The van der Waals surface area contributed by atoms with Crippen LogP contribution >= 0.6 is 22.6 Å². The van der Waals surface area contributed by atoms with Gasteiger partial charge in [0, 0.05) is 16.7 Å². The molecule has 1 aromatic carbocycles. The molecule has 0 bridgehead atoms. The first-order valence-electron chi connectivity index (χ1n) is 5.36. The molecule has 5 heteroatoms. The third kappa shape index (κ3) is 2.57. The lowest BCUT2D eigenvalue weighted by Gasteiger charge is -2.25. The molecule has 3 nitrogen and oxygen atoms in total. The summed E-state index contributed by atoms with van der Waals surface area (Å²) in [6.07, 6.45) is 3.09. The minimum absolute atomic E-state index is 0.412. The van der Waals surface area contributed by atoms with Crippen molar-refractivity contribution < 1.29 is 8.42 Å². The molecule has 1 aromatic rings. The number of halogens is 1. The van der Waals surface area contributed by atoms with Crippen LogP contribution in [-0.2, 0) is 10.0 Å². The molecular weight excluding hydrogens is 337 g/mol. The average Bonchev–Trinajstić information content (AvgIpc) is 2.31. The van der Waals surface area contributed by atoms with Gasteiger partial charge in [0.1, 0.15) is 0 Å². The lowest BCUT2D eigenvalue weighted by molar-refractivity contribution is 0.346. The quantitative estimate of drug-likeness (QED) is 0.768. The third-order valence-electron chi connectivity index (χ3n) is 2.77. The van der Waals surface area contributed by atoms with Gasteiger partial charge in [0.2, 0.25) is 10.0 Å². The van der Waals surface area contributed by atoms with Gasteiger partial charge in [0.15, 0.2) is 0 Å². The molecule has 88 valence electrons. The first kappa shape index (κ1) is 12.3. The first-order chi connectivity index (χ1) is 7.60. The SMILES string of the molecule is O=S(=O)(c1ccc(I)cc1)N1CCCCC1. The van der Waals surface area contributed by atoms with Crippen molar-refractivity contribution in [3.63, 3.8) is 0 Å². The van der Waals surface area contributed by atoms with Crippen LogP contribution in [0.5, 0.6) is 0 Å². The van der Waals surface area contributed by atoms with Crippen LogP contribution in [0.15, 0.2) is 29.2 Å². The van der Waals surface area contributed by atoms with Gasteiger partial charge in [-0.1, -0.05) is 6.42 Å². The van der Waals surface area contributed by atoms with Gasteiger partial charge >= 0.3 is 0 Å². The number of nitrogens with zero attached hydrogens (tertiary/aromatic N) is 1. The monoisotopic (exact) mass is 351 g/mol. The van der Waals surface area contributed by atoms with E-state index in [0.717, 1.165) is 22.8 Å². The van der Waals surface area contributed by atoms with Crippen molar-refractivity contribution in [2.24, 2.45) is 0 Å². The Bertz CT molecular complexity index is 449. The van der Waals surface area contributed by atoms with Crippen LogP contribution < -0.4 is 0 Å². The van der Waals surface area contributed by atoms with Crippen LogP contribution in [0.2, 0.25) is 0 Å². The summed E-state index contributed by atoms with van der Waals surface area (Å²) >= 11 is 2.17. The second kappa shape index (κ2) is 5.01. The van der Waals surface area contributed by atoms with Crippen molar-refractivity contribution in [1.82, 2.24) is 4.31 Å². The van der Waals surface area contributed by atoms with E-state index in [-0.39, 0.29) is 0 Å². The smallest absolute Gasteiger partial charge is 0.207 e. The molecule has 1 aliphatic rings. The molecule has 1 saturated heterocycles. The van der Waals surface area contributed by atoms with Crippen molar-refractivity contribution in [2.75, 3.05) is 13.1 Å². The molecule has 0 saturated carbocycles. The molecule has 0 unspecified atom stereocenters. The second-order valence-electron chi connectivity index (χ2n) is 3.92. The number of hydrogen-bond donors (Lipinski definition) is 0. The summed E-state index contributed by atoms with van der Waals surface area (Å²) in [6, 6.07) is 7.03. The van der Waals surface area contributed by atoms with E-state index in [0.29, 0.717) is 18.0 Å². The van der Waals surface area contributed by atoms with Gasteiger partial charge in [0.25, 0.3) is 0 Å². The van der Waals surface area contributed by atoms with Crippen LogP contribution in [-0.4, -0.2) is 25.8 Å². The largest absolute Gasteiger partial charge is 0.243 e. The Labute approximate surface area is 110 Å². The summed E-state index contributed by atoms with van der Waals surface area (Å²) in [5.74, 6) is 0. The standard InChI is InChI=1S/C11H14INO2S/c12-10-4-6-11(7-5-10)16(14,15)13-8-2-1-3-9-13/h4-7H,1-3,8-9H2. The van der Waals surface area contributed by atoms with Gasteiger partial charge in [-0.05, 0) is 59.7 Å². The summed E-state index contributed by atoms with van der Waals surface area (Å²) in [6.45, 7) is 1.32. The van der Waals surface area contributed by atoms with E-state index in [1.54, 1.807) is 16.4 Å². The highest BCUT2D eigenvalue weighted by atomic mass is 127. The van der Waals surface area contributed by atoms with E-state index in [1.165, 1.54) is 0 Å². The van der Waals surface area contributed by atoms with Crippen molar-refractivity contribution in [3.8, 4) is 0 Å². The molecular formula is C11H14INO2S. The predicted molar refractivity (Wildman–Crippen MR) is 71.8 cm³/mol. The van der Waals surface area contributed by atoms with Crippen LogP contribution in [0.3, 0.4) is 0 Å². The second-order valence-corrected chi connectivity index (χ2v) is 7.10. The molecule has 0 spiro atoms. The normalized spacial score (nSPS) is 18.6. The fraction of sp³-hybridized carbons (Fsp3) is 0.455. The van der Waals surface area contributed by atoms with Crippen molar-refractivity contribution in [1.29, 1.82) is 0 Å². The van der Waals surface area contributed by atoms with Crippen molar-refractivity contribution >= 4 is 32.6 Å². The molecule has 0 amide bonds. The number of hydrogen-bond acceptors (Lipinski definition) is 2. The topological polar surface area (TPSA) is 37.4 Å². The van der Waals surface area contributed by atoms with E-state index < -0.39 is 10.0 Å². The summed E-state index contributed by atoms with van der Waals surface area (Å²) in [5, 5.41) is 0. The Morgan fingerprint density at radius 3 is 2.12 bits per heavy atom. The molecule has 1 heterocycles. The van der Waals surface area contributed by atoms with Crippen molar-refractivity contribution in [3.05, 3.63) is 27.8 Å². The van der Waals surface area contributed by atoms with E-state index in [9.17, 15) is 8.42 Å². The maximum atomic E-state index is 12.2. The van der Waals surface area contributed by atoms with Gasteiger partial charge in [-0.3, -0.25) is 0 Å². The number of benzene rings is 1. The van der Waals surface area contributed by atoms with Crippen molar-refractivity contribution in [2.45, 2.75) is 24.2 Å². The zero-order valence-corrected chi connectivity index (χ0v) is 11.9. The Morgan fingerprint density at radius 1 is 1.00 bits per heavy atom. The van der Waals surface area contributed by atoms with Crippen LogP contribution in [0.1, 0.15) is 19.3 Å². The summed E-state index contributed by atoms with van der Waals surface area (Å²) in [7, 11) is -3.25. The number of rotatable bonds is 2. The zero-order valence-electron chi connectivity index (χ0n) is 8.89. The van der Waals surface area contributed by atoms with Gasteiger partial charge in [-0.15, -0.1) is 0 Å². The number of piperidine rings is 1. The van der Waals surface area contributed by atoms with Crippen LogP contribution in [0.4, 0.5) is 0 Å². The van der Waals surface area contributed by atoms with Gasteiger partial charge in [-0.25, -0.2) is 8.42 Å². The summed E-state index contributed by atoms with van der Waals surface area (Å²) < 4.78 is 27.1. The lowest BCUT2D eigenvalue weighted by Crippen LogP contribution is -2.35. The maximum absolute atomic E-state index is 12.2. The molecule has 0 N–H and O–H groups in total.